The first-order chi connectivity index (χ1) is 43.8. The number of fused-ring (bicyclic) bond motifs is 2. The maximum absolute atomic E-state index is 9.00. The SMILES string of the molecule is CC(=O)O.CC(=O)O.CC1(C)c2cccc(P(c3ccccc3)c3ccccc3)c2Oc2c(P(c3ccccc3)c3ccccc3)cccc21.Cc1cnc(Cl)nc1NC1CC1.Cc1cnc(Nc2cnccn2)nc1NC1CC1.Nc1cnccn1.O=C([O-])O.[Cs+].[Cs+].[Pd]. The average molecular weight is 1650 g/mol. The fraction of sp³-hybridized carbons (Fsp3) is 0.191. The van der Waals surface area contributed by atoms with Crippen molar-refractivity contribution in [2.24, 2.45) is 0 Å². The molecule has 1 aliphatic heterocycles. The van der Waals surface area contributed by atoms with Crippen LogP contribution < -0.4 is 201 Å². The quantitative estimate of drug-likeness (QED) is 0.0496. The third kappa shape index (κ3) is 26.6. The van der Waals surface area contributed by atoms with Gasteiger partial charge in [-0.2, -0.15) is 4.98 Å². The van der Waals surface area contributed by atoms with Crippen LogP contribution in [0.4, 0.5) is 34.0 Å². The zero-order valence-corrected chi connectivity index (χ0v) is 69.9. The van der Waals surface area contributed by atoms with Gasteiger partial charge in [0.25, 0.3) is 11.9 Å². The second kappa shape index (κ2) is 41.8. The van der Waals surface area contributed by atoms with Crippen LogP contribution in [-0.4, -0.2) is 85.4 Å². The van der Waals surface area contributed by atoms with Crippen LogP contribution in [0, 0.1) is 13.8 Å². The fourth-order valence-corrected chi connectivity index (χ4v) is 13.8. The molecule has 478 valence electrons. The van der Waals surface area contributed by atoms with Gasteiger partial charge >= 0.3 is 138 Å². The van der Waals surface area contributed by atoms with Gasteiger partial charge in [-0.05, 0) is 88.2 Å². The number of nitrogens with zero attached hydrogens (tertiary/aromatic N) is 8. The Labute approximate surface area is 686 Å². The number of aromatic nitrogens is 8. The zero-order chi connectivity index (χ0) is 65.3. The largest absolute Gasteiger partial charge is 1.00 e. The normalized spacial score (nSPS) is 12.2. The minimum absolute atomic E-state index is 0. The number of hydrogen-bond donors (Lipinski definition) is 7. The summed E-state index contributed by atoms with van der Waals surface area (Å²) < 4.78 is 7.26. The molecule has 5 heterocycles. The van der Waals surface area contributed by atoms with Crippen molar-refractivity contribution in [2.75, 3.05) is 21.7 Å². The molecule has 6 aromatic carbocycles. The number of carboxylic acids is 2. The molecule has 0 unspecified atom stereocenters. The first-order valence-electron chi connectivity index (χ1n) is 28.7. The number of nitrogens with two attached hydrogens (primary N) is 1. The van der Waals surface area contributed by atoms with Crippen LogP contribution in [0.25, 0.3) is 0 Å². The molecule has 0 atom stereocenters. The third-order valence-electron chi connectivity index (χ3n) is 13.2. The molecule has 0 bridgehead atoms. The number of benzene rings is 6. The number of halogens is 1. The summed E-state index contributed by atoms with van der Waals surface area (Å²) in [6, 6.07) is 58.3. The molecule has 0 saturated heterocycles. The summed E-state index contributed by atoms with van der Waals surface area (Å²) in [5, 5.41) is 48.0. The van der Waals surface area contributed by atoms with Crippen LogP contribution >= 0.6 is 27.4 Å². The summed E-state index contributed by atoms with van der Waals surface area (Å²) in [6.07, 6.45) is 15.9. The number of rotatable bonds is 12. The smallest absolute Gasteiger partial charge is 0.565 e. The van der Waals surface area contributed by atoms with Crippen molar-refractivity contribution < 1.29 is 198 Å². The van der Waals surface area contributed by atoms with E-state index in [9.17, 15) is 0 Å². The molecule has 13 rings (SSSR count). The number of nitrogen functional groups attached to an aromatic ring is 1. The minimum atomic E-state index is -2.08. The van der Waals surface area contributed by atoms with E-state index < -0.39 is 33.9 Å². The Kier molecular flexibility index (Phi) is 36.1. The van der Waals surface area contributed by atoms with E-state index in [0.717, 1.165) is 48.1 Å². The summed E-state index contributed by atoms with van der Waals surface area (Å²) in [5.41, 5.74) is 9.54. The zero-order valence-electron chi connectivity index (χ0n) is 53.2. The van der Waals surface area contributed by atoms with Gasteiger partial charge < -0.3 is 51.6 Å². The Morgan fingerprint density at radius 3 is 1.27 bits per heavy atom. The van der Waals surface area contributed by atoms with Crippen LogP contribution in [0.1, 0.15) is 75.6 Å². The first kappa shape index (κ1) is 81.2. The number of hydrogen-bond acceptors (Lipinski definition) is 17. The molecule has 0 amide bonds. The van der Waals surface area contributed by atoms with Crippen LogP contribution in [0.3, 0.4) is 0 Å². The summed E-state index contributed by atoms with van der Waals surface area (Å²) in [5.74, 6) is 3.75. The molecular weight excluding hydrogens is 1580 g/mol. The first-order valence-corrected chi connectivity index (χ1v) is 31.8. The molecule has 26 heteroatoms. The maximum atomic E-state index is 9.00. The van der Waals surface area contributed by atoms with Crippen molar-refractivity contribution in [3.05, 3.63) is 235 Å². The summed E-state index contributed by atoms with van der Waals surface area (Å²) in [4.78, 5) is 58.6. The number of para-hydroxylation sites is 2. The van der Waals surface area contributed by atoms with Gasteiger partial charge in [-0.1, -0.05) is 172 Å². The van der Waals surface area contributed by atoms with E-state index >= 15 is 0 Å². The second-order valence-electron chi connectivity index (χ2n) is 20.9. The molecule has 4 aromatic heterocycles. The van der Waals surface area contributed by atoms with Gasteiger partial charge in [0.05, 0.1) is 12.4 Å². The number of carbonyl (C=O) groups is 3. The van der Waals surface area contributed by atoms with Crippen molar-refractivity contribution in [3.8, 4) is 11.5 Å². The number of carboxylic acid groups (broad SMARTS) is 4. The van der Waals surface area contributed by atoms with Crippen molar-refractivity contribution in [1.82, 2.24) is 39.9 Å². The number of anilines is 5. The predicted molar refractivity (Wildman–Crippen MR) is 361 cm³/mol. The van der Waals surface area contributed by atoms with Crippen LogP contribution in [0.5, 0.6) is 11.5 Å². The Morgan fingerprint density at radius 2 is 0.926 bits per heavy atom. The van der Waals surface area contributed by atoms with E-state index in [1.165, 1.54) is 74.8 Å². The van der Waals surface area contributed by atoms with Crippen molar-refractivity contribution >= 4 is 107 Å². The van der Waals surface area contributed by atoms with Crippen LogP contribution in [0.2, 0.25) is 5.28 Å². The molecule has 94 heavy (non-hydrogen) atoms. The molecule has 0 spiro atoms. The van der Waals surface area contributed by atoms with E-state index in [-0.39, 0.29) is 164 Å². The van der Waals surface area contributed by atoms with E-state index in [1.54, 1.807) is 43.4 Å². The summed E-state index contributed by atoms with van der Waals surface area (Å²) in [7, 11) is -1.65. The molecule has 8 N–H and O–H groups in total. The van der Waals surface area contributed by atoms with Gasteiger partial charge in [0.15, 0.2) is 5.82 Å². The monoisotopic (exact) mass is 1650 g/mol. The van der Waals surface area contributed by atoms with Gasteiger partial charge in [-0.25, -0.2) is 24.9 Å². The summed E-state index contributed by atoms with van der Waals surface area (Å²) >= 11 is 5.66. The van der Waals surface area contributed by atoms with E-state index in [4.69, 9.17) is 56.9 Å². The predicted octanol–water partition coefficient (Wildman–Crippen LogP) is 4.67. The molecule has 2 saturated carbocycles. The van der Waals surface area contributed by atoms with Gasteiger partial charge in [0.2, 0.25) is 17.4 Å². The maximum Gasteiger partial charge on any atom is 1.00 e. The van der Waals surface area contributed by atoms with Crippen molar-refractivity contribution in [1.29, 1.82) is 0 Å². The molecule has 3 aliphatic rings. The van der Waals surface area contributed by atoms with Gasteiger partial charge in [0.1, 0.15) is 29.0 Å². The molecule has 10 aromatic rings. The van der Waals surface area contributed by atoms with Crippen LogP contribution in [0.15, 0.2) is 207 Å². The Bertz CT molecular complexity index is 3700. The second-order valence-corrected chi connectivity index (χ2v) is 25.6. The third-order valence-corrected chi connectivity index (χ3v) is 18.3. The van der Waals surface area contributed by atoms with E-state index in [1.807, 2.05) is 13.8 Å². The molecule has 2 aliphatic carbocycles. The fourth-order valence-electron chi connectivity index (χ4n) is 8.86. The summed E-state index contributed by atoms with van der Waals surface area (Å²) in [6.45, 7) is 10.8. The number of nitrogens with one attached hydrogen (secondary N) is 3. The van der Waals surface area contributed by atoms with Crippen molar-refractivity contribution in [3.63, 3.8) is 0 Å². The number of ether oxygens (including phenoxy) is 1. The standard InChI is InChI=1S/C39H32OP2.C12H14N6.C8H10ClN3.C4H5N3.2C2H4O2.CH2O3.2Cs.Pd/c1-39(2)33-25-15-27-35(41(29-17-7-3-8-18-29)30-19-9-4-10-20-30)37(33)40-38-34(39)26-16-28-36(38)42(31-21-11-5-12-22-31)32-23-13-6-14-24-32;1-8-6-15-12(17-10-7-13-4-5-14-10)18-11(8)16-9-2-3-9;1-5-4-10-8(9)12-7(5)11-6-2-3-6;5-4-3-6-1-2-7-4;2*1-2(3)4;2-1(3)4;;;/h3-28H,1-2H3;4-7,9H,2-3H2,1H3,(H2,14,15,16,17,18);4,6H,2-3H2,1H3,(H,10,11,12);1-3H,(H2,5,7);2*1H3,(H,3,4);(H2,2,3,4);;;/q;;;;;;;2*+1;/p-1. The minimum Gasteiger partial charge on any atom is -0.565 e. The Hall–Kier alpha value is -5.23. The van der Waals surface area contributed by atoms with Crippen molar-refractivity contribution in [2.45, 2.75) is 84.7 Å². The Balaban J connectivity index is 0.000000296. The van der Waals surface area contributed by atoms with Crippen LogP contribution in [-0.2, 0) is 35.4 Å². The number of aryl methyl sites for hydroxylation is 2. The molecule has 2 fully saturated rings. The molecular formula is C68H70ClCs2N12O8P2Pd+. The average Bonchev–Trinajstić information content (AvgIpc) is 0.828. The molecule has 20 nitrogen and oxygen atoms in total. The van der Waals surface area contributed by atoms with E-state index in [0.29, 0.717) is 35.0 Å². The molecule has 0 radical (unpaired) electrons. The van der Waals surface area contributed by atoms with Gasteiger partial charge in [-0.15, -0.1) is 0 Å². The van der Waals surface area contributed by atoms with Gasteiger partial charge in [0, 0.05) is 122 Å². The topological polar surface area (TPSA) is 309 Å². The van der Waals surface area contributed by atoms with Gasteiger partial charge in [-0.3, -0.25) is 19.6 Å². The Morgan fingerprint density at radius 1 is 0.553 bits per heavy atom. The van der Waals surface area contributed by atoms with E-state index in [2.05, 4.69) is 227 Å². The number of aliphatic carboxylic acids is 2.